The van der Waals surface area contributed by atoms with E-state index in [1.54, 1.807) is 19.1 Å². The van der Waals surface area contributed by atoms with Gasteiger partial charge >= 0.3 is 0 Å². The predicted molar refractivity (Wildman–Crippen MR) is 58.0 cm³/mol. The number of hydrogen-bond acceptors (Lipinski definition) is 3. The first-order chi connectivity index (χ1) is 6.91. The number of aliphatic hydroxyl groups is 1. The Balaban J connectivity index is 3.08. The minimum absolute atomic E-state index is 0.209. The molecule has 0 aliphatic carbocycles. The van der Waals surface area contributed by atoms with E-state index in [2.05, 4.69) is 0 Å². The molecule has 1 atom stereocenters. The molecule has 0 saturated carbocycles. The molecule has 15 heavy (non-hydrogen) atoms. The van der Waals surface area contributed by atoms with Gasteiger partial charge in [-0.05, 0) is 24.6 Å². The molecule has 1 aromatic carbocycles. The highest BCUT2D eigenvalue weighted by Gasteiger charge is 2.20. The fraction of sp³-hybridized carbons (Fsp3) is 0.333. The molecule has 1 aromatic rings. The van der Waals surface area contributed by atoms with E-state index in [0.717, 1.165) is 5.56 Å². The summed E-state index contributed by atoms with van der Waals surface area (Å²) in [5.74, 6) is 0. The zero-order valence-electron chi connectivity index (χ0n) is 7.91. The predicted octanol–water partition coefficient (Wildman–Crippen LogP) is 2.61. The normalized spacial score (nSPS) is 12.5. The van der Waals surface area contributed by atoms with Crippen LogP contribution in [0.3, 0.4) is 0 Å². The molecule has 0 radical (unpaired) electrons. The van der Waals surface area contributed by atoms with E-state index in [1.807, 2.05) is 0 Å². The molecule has 4 nitrogen and oxygen atoms in total. The molecule has 0 saturated heterocycles. The first-order valence-electron chi connectivity index (χ1n) is 4.17. The number of aliphatic hydroxyl groups excluding tert-OH is 1. The Bertz CT molecular complexity index is 372. The van der Waals surface area contributed by atoms with Gasteiger partial charge in [-0.2, -0.15) is 0 Å². The summed E-state index contributed by atoms with van der Waals surface area (Å²) in [7, 11) is 0. The maximum Gasteiger partial charge on any atom is 0.233 e. The Morgan fingerprint density at radius 3 is 2.33 bits per heavy atom. The van der Waals surface area contributed by atoms with Gasteiger partial charge in [-0.1, -0.05) is 23.2 Å². The summed E-state index contributed by atoms with van der Waals surface area (Å²) >= 11 is 11.7. The van der Waals surface area contributed by atoms with Crippen molar-refractivity contribution < 1.29 is 10.0 Å². The van der Waals surface area contributed by atoms with E-state index in [1.165, 1.54) is 0 Å². The van der Waals surface area contributed by atoms with Crippen LogP contribution in [0.2, 0.25) is 10.0 Å². The Hall–Kier alpha value is -0.840. The van der Waals surface area contributed by atoms with E-state index in [-0.39, 0.29) is 15.6 Å². The van der Waals surface area contributed by atoms with Crippen LogP contribution in [0.4, 0.5) is 0 Å². The van der Waals surface area contributed by atoms with Crippen LogP contribution < -0.4 is 0 Å². The van der Waals surface area contributed by atoms with Crippen molar-refractivity contribution in [1.29, 1.82) is 0 Å². The van der Waals surface area contributed by atoms with Gasteiger partial charge in [0.2, 0.25) is 6.54 Å². The van der Waals surface area contributed by atoms with Crippen molar-refractivity contribution in [2.24, 2.45) is 0 Å². The number of aryl methyl sites for hydroxylation is 1. The van der Waals surface area contributed by atoms with E-state index in [4.69, 9.17) is 23.2 Å². The highest BCUT2D eigenvalue weighted by Crippen LogP contribution is 2.31. The third kappa shape index (κ3) is 3.06. The van der Waals surface area contributed by atoms with Crippen LogP contribution in [0.25, 0.3) is 0 Å². The number of nitrogens with zero attached hydrogens (tertiary/aromatic N) is 1. The lowest BCUT2D eigenvalue weighted by atomic mass is 10.1. The Kier molecular flexibility index (Phi) is 3.90. The fourth-order valence-corrected chi connectivity index (χ4v) is 2.11. The molecular formula is C9H9Cl2NO3. The maximum absolute atomic E-state index is 10.2. The van der Waals surface area contributed by atoms with Gasteiger partial charge in [0.15, 0.2) is 0 Å². The Morgan fingerprint density at radius 2 is 1.93 bits per heavy atom. The molecule has 0 aliphatic rings. The lowest BCUT2D eigenvalue weighted by Crippen LogP contribution is -2.12. The molecule has 0 amide bonds. The van der Waals surface area contributed by atoms with Crippen molar-refractivity contribution in [1.82, 2.24) is 0 Å². The van der Waals surface area contributed by atoms with Gasteiger partial charge in [-0.3, -0.25) is 10.1 Å². The molecule has 0 heterocycles. The summed E-state index contributed by atoms with van der Waals surface area (Å²) < 4.78 is 0. The Morgan fingerprint density at radius 1 is 1.47 bits per heavy atom. The molecule has 0 bridgehead atoms. The van der Waals surface area contributed by atoms with E-state index >= 15 is 0 Å². The number of rotatable bonds is 3. The summed E-state index contributed by atoms with van der Waals surface area (Å²) in [4.78, 5) is 9.62. The van der Waals surface area contributed by atoms with Gasteiger partial charge in [0, 0.05) is 20.5 Å². The van der Waals surface area contributed by atoms with Crippen LogP contribution in [0.5, 0.6) is 0 Å². The zero-order chi connectivity index (χ0) is 11.6. The van der Waals surface area contributed by atoms with Crippen LogP contribution in [-0.2, 0) is 0 Å². The minimum atomic E-state index is -1.28. The van der Waals surface area contributed by atoms with Crippen molar-refractivity contribution in [3.63, 3.8) is 0 Å². The van der Waals surface area contributed by atoms with Crippen LogP contribution in [0, 0.1) is 17.0 Å². The van der Waals surface area contributed by atoms with Gasteiger partial charge in [-0.25, -0.2) is 0 Å². The molecule has 6 heteroatoms. The largest absolute Gasteiger partial charge is 0.381 e. The first kappa shape index (κ1) is 12.2. The van der Waals surface area contributed by atoms with Gasteiger partial charge in [0.1, 0.15) is 6.10 Å². The van der Waals surface area contributed by atoms with Crippen LogP contribution in [0.1, 0.15) is 17.2 Å². The van der Waals surface area contributed by atoms with Crippen molar-refractivity contribution in [2.75, 3.05) is 6.54 Å². The summed E-state index contributed by atoms with van der Waals surface area (Å²) in [6, 6.07) is 3.21. The minimum Gasteiger partial charge on any atom is -0.381 e. The van der Waals surface area contributed by atoms with E-state index in [9.17, 15) is 15.2 Å². The monoisotopic (exact) mass is 249 g/mol. The fourth-order valence-electron chi connectivity index (χ4n) is 1.26. The molecular weight excluding hydrogens is 241 g/mol. The lowest BCUT2D eigenvalue weighted by Gasteiger charge is -2.11. The molecule has 1 N–H and O–H groups in total. The quantitative estimate of drug-likeness (QED) is 0.662. The summed E-state index contributed by atoms with van der Waals surface area (Å²) in [5.41, 5.74) is 1.04. The van der Waals surface area contributed by atoms with Crippen LogP contribution in [0.15, 0.2) is 12.1 Å². The van der Waals surface area contributed by atoms with Crippen LogP contribution >= 0.6 is 23.2 Å². The van der Waals surface area contributed by atoms with Crippen molar-refractivity contribution in [3.05, 3.63) is 43.4 Å². The topological polar surface area (TPSA) is 63.4 Å². The first-order valence-corrected chi connectivity index (χ1v) is 4.93. The molecule has 0 aromatic heterocycles. The average Bonchev–Trinajstić information content (AvgIpc) is 1.99. The van der Waals surface area contributed by atoms with Crippen LogP contribution in [-0.4, -0.2) is 16.6 Å². The number of nitro groups is 1. The Labute approximate surface area is 96.6 Å². The number of benzene rings is 1. The van der Waals surface area contributed by atoms with Crippen molar-refractivity contribution in [2.45, 2.75) is 13.0 Å². The second-order valence-electron chi connectivity index (χ2n) is 3.17. The zero-order valence-corrected chi connectivity index (χ0v) is 9.42. The van der Waals surface area contributed by atoms with Gasteiger partial charge in [0.25, 0.3) is 0 Å². The third-order valence-electron chi connectivity index (χ3n) is 1.88. The third-order valence-corrected chi connectivity index (χ3v) is 2.50. The van der Waals surface area contributed by atoms with Crippen molar-refractivity contribution >= 4 is 23.2 Å². The maximum atomic E-state index is 10.2. The molecule has 0 fully saturated rings. The molecule has 0 spiro atoms. The average molecular weight is 250 g/mol. The molecule has 0 unspecified atom stereocenters. The standard InChI is InChI=1S/C9H9Cl2NO3/c1-5-2-6(10)9(7(11)3-5)8(13)4-12(14)15/h2-3,8,13H,4H2,1H3/t8-/m1/s1. The van der Waals surface area contributed by atoms with E-state index in [0.29, 0.717) is 0 Å². The van der Waals surface area contributed by atoms with Gasteiger partial charge < -0.3 is 5.11 Å². The number of hydrogen-bond donors (Lipinski definition) is 1. The molecule has 1 rings (SSSR count). The van der Waals surface area contributed by atoms with Gasteiger partial charge in [-0.15, -0.1) is 0 Å². The summed E-state index contributed by atoms with van der Waals surface area (Å²) in [5, 5.41) is 20.3. The summed E-state index contributed by atoms with van der Waals surface area (Å²) in [6.45, 7) is 1.18. The molecule has 0 aliphatic heterocycles. The highest BCUT2D eigenvalue weighted by molar-refractivity contribution is 6.36. The van der Waals surface area contributed by atoms with E-state index < -0.39 is 17.6 Å². The summed E-state index contributed by atoms with van der Waals surface area (Å²) in [6.07, 6.45) is -1.28. The second kappa shape index (κ2) is 4.79. The SMILES string of the molecule is Cc1cc(Cl)c([C@H](O)C[N+](=O)[O-])c(Cl)c1. The number of halogens is 2. The highest BCUT2D eigenvalue weighted by atomic mass is 35.5. The van der Waals surface area contributed by atoms with Gasteiger partial charge in [0.05, 0.1) is 0 Å². The van der Waals surface area contributed by atoms with Crippen molar-refractivity contribution in [3.8, 4) is 0 Å². The second-order valence-corrected chi connectivity index (χ2v) is 3.99. The molecule has 82 valence electrons. The lowest BCUT2D eigenvalue weighted by molar-refractivity contribution is -0.491. The smallest absolute Gasteiger partial charge is 0.233 e.